The minimum Gasteiger partial charge on any atom is -0.282 e. The van der Waals surface area contributed by atoms with Crippen LogP contribution in [-0.2, 0) is 9.59 Å². The number of fused-ring (bicyclic) bond motifs is 1. The van der Waals surface area contributed by atoms with Crippen molar-refractivity contribution < 1.29 is 9.59 Å². The molecule has 2 atom stereocenters. The highest BCUT2D eigenvalue weighted by molar-refractivity contribution is 9.09. The molecule has 0 spiro atoms. The van der Waals surface area contributed by atoms with E-state index in [1.54, 1.807) is 0 Å². The van der Waals surface area contributed by atoms with Crippen molar-refractivity contribution in [1.29, 1.82) is 0 Å². The Morgan fingerprint density at radius 2 is 1.35 bits per heavy atom. The predicted octanol–water partition coefficient (Wildman–Crippen LogP) is 3.75. The van der Waals surface area contributed by atoms with Gasteiger partial charge in [-0.1, -0.05) is 61.9 Å². The monoisotopic (exact) mass is 343 g/mol. The van der Waals surface area contributed by atoms with Crippen LogP contribution >= 0.6 is 15.9 Å². The molecular formula is C16H26BrNO2. The molecule has 0 bridgehead atoms. The summed E-state index contributed by atoms with van der Waals surface area (Å²) in [6, 6.07) is 0. The smallest absolute Gasteiger partial charge is 0.233 e. The Labute approximate surface area is 130 Å². The third-order valence-corrected chi connectivity index (χ3v) is 5.47. The van der Waals surface area contributed by atoms with Crippen molar-refractivity contribution in [2.75, 3.05) is 11.9 Å². The van der Waals surface area contributed by atoms with Crippen LogP contribution in [0.25, 0.3) is 0 Å². The van der Waals surface area contributed by atoms with Crippen LogP contribution in [0.1, 0.15) is 58.8 Å². The van der Waals surface area contributed by atoms with Crippen molar-refractivity contribution in [2.45, 2.75) is 58.8 Å². The lowest BCUT2D eigenvalue weighted by atomic mass is 10.0. The number of nitrogens with zero attached hydrogens (tertiary/aromatic N) is 1. The number of unbranched alkanes of at least 4 members (excludes halogenated alkanes) is 6. The second-order valence-corrected chi connectivity index (χ2v) is 7.56. The second kappa shape index (κ2) is 6.59. The van der Waals surface area contributed by atoms with Gasteiger partial charge in [0.05, 0.1) is 11.8 Å². The Morgan fingerprint density at radius 1 is 0.900 bits per heavy atom. The summed E-state index contributed by atoms with van der Waals surface area (Å²) in [5.41, 5.74) is -0.0694. The average Bonchev–Trinajstić information content (AvgIpc) is 2.87. The highest BCUT2D eigenvalue weighted by Gasteiger charge is 2.72. The molecule has 1 aliphatic carbocycles. The van der Waals surface area contributed by atoms with Crippen molar-refractivity contribution in [1.82, 2.24) is 4.90 Å². The van der Waals surface area contributed by atoms with Crippen LogP contribution < -0.4 is 0 Å². The maximum atomic E-state index is 12.1. The van der Waals surface area contributed by atoms with E-state index in [-0.39, 0.29) is 29.1 Å². The van der Waals surface area contributed by atoms with E-state index in [0.29, 0.717) is 6.54 Å². The fourth-order valence-corrected chi connectivity index (χ4v) is 3.87. The van der Waals surface area contributed by atoms with Gasteiger partial charge in [-0.05, 0) is 18.3 Å². The number of hydrogen-bond acceptors (Lipinski definition) is 2. The van der Waals surface area contributed by atoms with E-state index in [2.05, 4.69) is 15.9 Å². The normalized spacial score (nSPS) is 27.1. The number of piperidine rings is 1. The molecular weight excluding hydrogens is 318 g/mol. The van der Waals surface area contributed by atoms with Gasteiger partial charge in [0, 0.05) is 11.9 Å². The maximum absolute atomic E-state index is 12.1. The molecule has 2 aliphatic rings. The number of likely N-dealkylation sites (tertiary alicyclic amines) is 1. The van der Waals surface area contributed by atoms with Gasteiger partial charge in [-0.2, -0.15) is 0 Å². The lowest BCUT2D eigenvalue weighted by Gasteiger charge is -2.20. The fourth-order valence-electron chi connectivity index (χ4n) is 3.47. The molecule has 2 fully saturated rings. The van der Waals surface area contributed by atoms with Gasteiger partial charge in [0.15, 0.2) is 0 Å². The number of amides is 2. The van der Waals surface area contributed by atoms with Crippen LogP contribution in [0.2, 0.25) is 0 Å². The Morgan fingerprint density at radius 3 is 1.85 bits per heavy atom. The van der Waals surface area contributed by atoms with Crippen molar-refractivity contribution in [3.63, 3.8) is 0 Å². The standard InChI is InChI=1S/C16H26BrNO2/c1-16(2)12-13(16)15(20)18(14(12)19)11-9-7-5-3-4-6-8-10-17/h12-13H,3-11H2,1-2H3. The number of imide groups is 1. The van der Waals surface area contributed by atoms with E-state index in [1.165, 1.54) is 37.0 Å². The molecule has 1 aliphatic heterocycles. The number of halogens is 1. The number of alkyl halides is 1. The first-order valence-corrected chi connectivity index (χ1v) is 9.05. The van der Waals surface area contributed by atoms with Crippen LogP contribution in [0.5, 0.6) is 0 Å². The zero-order valence-electron chi connectivity index (χ0n) is 12.7. The van der Waals surface area contributed by atoms with Gasteiger partial charge < -0.3 is 0 Å². The van der Waals surface area contributed by atoms with Crippen molar-refractivity contribution >= 4 is 27.7 Å². The molecule has 3 nitrogen and oxygen atoms in total. The quantitative estimate of drug-likeness (QED) is 0.363. The highest BCUT2D eigenvalue weighted by atomic mass is 79.9. The summed E-state index contributed by atoms with van der Waals surface area (Å²) >= 11 is 3.44. The first-order valence-electron chi connectivity index (χ1n) is 7.93. The van der Waals surface area contributed by atoms with Crippen LogP contribution in [0.4, 0.5) is 0 Å². The summed E-state index contributed by atoms with van der Waals surface area (Å²) in [7, 11) is 0. The average molecular weight is 344 g/mol. The number of rotatable bonds is 9. The number of hydrogen-bond donors (Lipinski definition) is 0. The molecule has 0 N–H and O–H groups in total. The molecule has 1 heterocycles. The molecule has 2 amide bonds. The third kappa shape index (κ3) is 3.10. The van der Waals surface area contributed by atoms with Crippen LogP contribution in [0.3, 0.4) is 0 Å². The van der Waals surface area contributed by atoms with Gasteiger partial charge >= 0.3 is 0 Å². The SMILES string of the molecule is CC1(C)C2C(=O)N(CCCCCCCCCBr)C(=O)C21. The molecule has 20 heavy (non-hydrogen) atoms. The lowest BCUT2D eigenvalue weighted by Crippen LogP contribution is -2.36. The zero-order chi connectivity index (χ0) is 14.8. The summed E-state index contributed by atoms with van der Waals surface area (Å²) < 4.78 is 0. The molecule has 4 heteroatoms. The molecule has 1 saturated carbocycles. The molecule has 0 aromatic heterocycles. The van der Waals surface area contributed by atoms with Crippen molar-refractivity contribution in [3.8, 4) is 0 Å². The van der Waals surface area contributed by atoms with Crippen molar-refractivity contribution in [3.05, 3.63) is 0 Å². The predicted molar refractivity (Wildman–Crippen MR) is 83.6 cm³/mol. The molecule has 0 aromatic rings. The van der Waals surface area contributed by atoms with E-state index >= 15 is 0 Å². The first-order chi connectivity index (χ1) is 9.51. The Kier molecular flexibility index (Phi) is 5.27. The Balaban J connectivity index is 1.58. The molecule has 2 rings (SSSR count). The van der Waals surface area contributed by atoms with Gasteiger partial charge in [0.1, 0.15) is 0 Å². The van der Waals surface area contributed by atoms with Gasteiger partial charge in [-0.15, -0.1) is 0 Å². The van der Waals surface area contributed by atoms with Gasteiger partial charge in [-0.25, -0.2) is 0 Å². The molecule has 0 radical (unpaired) electrons. The Bertz CT molecular complexity index is 357. The van der Waals surface area contributed by atoms with Gasteiger partial charge in [-0.3, -0.25) is 14.5 Å². The molecule has 2 unspecified atom stereocenters. The summed E-state index contributed by atoms with van der Waals surface area (Å²) in [5, 5.41) is 1.10. The largest absolute Gasteiger partial charge is 0.282 e. The third-order valence-electron chi connectivity index (χ3n) is 4.91. The lowest BCUT2D eigenvalue weighted by molar-refractivity contribution is -0.143. The minimum atomic E-state index is -0.0694. The molecule has 0 aromatic carbocycles. The number of carbonyl (C=O) groups excluding carboxylic acids is 2. The maximum Gasteiger partial charge on any atom is 0.233 e. The van der Waals surface area contributed by atoms with Gasteiger partial charge in [0.25, 0.3) is 0 Å². The van der Waals surface area contributed by atoms with Crippen molar-refractivity contribution in [2.24, 2.45) is 17.3 Å². The van der Waals surface area contributed by atoms with E-state index in [4.69, 9.17) is 0 Å². The molecule has 114 valence electrons. The first kappa shape index (κ1) is 16.0. The van der Waals surface area contributed by atoms with Gasteiger partial charge in [0.2, 0.25) is 11.8 Å². The van der Waals surface area contributed by atoms with Crippen LogP contribution in [0, 0.1) is 17.3 Å². The Hall–Kier alpha value is -0.380. The van der Waals surface area contributed by atoms with E-state index in [0.717, 1.165) is 18.2 Å². The van der Waals surface area contributed by atoms with E-state index in [9.17, 15) is 9.59 Å². The summed E-state index contributed by atoms with van der Waals surface area (Å²) in [6.07, 6.45) is 8.44. The van der Waals surface area contributed by atoms with Crippen LogP contribution in [0.15, 0.2) is 0 Å². The fraction of sp³-hybridized carbons (Fsp3) is 0.875. The second-order valence-electron chi connectivity index (χ2n) is 6.77. The number of carbonyl (C=O) groups is 2. The highest BCUT2D eigenvalue weighted by Crippen LogP contribution is 2.63. The topological polar surface area (TPSA) is 37.4 Å². The summed E-state index contributed by atoms with van der Waals surface area (Å²) in [4.78, 5) is 25.7. The zero-order valence-corrected chi connectivity index (χ0v) is 14.2. The van der Waals surface area contributed by atoms with E-state index in [1.807, 2.05) is 13.8 Å². The van der Waals surface area contributed by atoms with Crippen LogP contribution in [-0.4, -0.2) is 28.6 Å². The minimum absolute atomic E-state index is 0.0146. The summed E-state index contributed by atoms with van der Waals surface area (Å²) in [5.74, 6) is 0.142. The summed E-state index contributed by atoms with van der Waals surface area (Å²) in [6.45, 7) is 4.70. The van der Waals surface area contributed by atoms with E-state index < -0.39 is 0 Å². The molecule has 1 saturated heterocycles.